The Labute approximate surface area is 100 Å². The van der Waals surface area contributed by atoms with E-state index in [2.05, 4.69) is 4.74 Å². The number of ether oxygens (including phenoxy) is 1. The van der Waals surface area contributed by atoms with Crippen molar-refractivity contribution in [1.82, 2.24) is 0 Å². The van der Waals surface area contributed by atoms with E-state index in [4.69, 9.17) is 0 Å². The van der Waals surface area contributed by atoms with Crippen molar-refractivity contribution >= 4 is 17.6 Å². The predicted octanol–water partition coefficient (Wildman–Crippen LogP) is 1.70. The van der Waals surface area contributed by atoms with Gasteiger partial charge in [0, 0.05) is 25.7 Å². The second-order valence-electron chi connectivity index (χ2n) is 4.44. The van der Waals surface area contributed by atoms with Gasteiger partial charge in [0.05, 0.1) is 12.8 Å². The molecule has 0 aliphatic carbocycles. The highest BCUT2D eigenvalue weighted by atomic mass is 16.6. The maximum Gasteiger partial charge on any atom is 0.314 e. The van der Waals surface area contributed by atoms with E-state index in [9.17, 15) is 9.59 Å². The molecule has 17 heavy (non-hydrogen) atoms. The molecule has 0 amide bonds. The summed E-state index contributed by atoms with van der Waals surface area (Å²) in [6.45, 7) is 0. The highest BCUT2D eigenvalue weighted by Crippen LogP contribution is 2.30. The maximum absolute atomic E-state index is 11.2. The zero-order valence-electron chi connectivity index (χ0n) is 9.97. The summed E-state index contributed by atoms with van der Waals surface area (Å²) < 4.78 is 4.53. The molecule has 1 heterocycles. The summed E-state index contributed by atoms with van der Waals surface area (Å²) in [4.78, 5) is 24.4. The van der Waals surface area contributed by atoms with Gasteiger partial charge in [-0.25, -0.2) is 0 Å². The number of esters is 2. The maximum atomic E-state index is 11.2. The van der Waals surface area contributed by atoms with Crippen LogP contribution in [0.3, 0.4) is 0 Å². The Hall–Kier alpha value is -1.84. The largest absolute Gasteiger partial charge is 0.393 e. The van der Waals surface area contributed by atoms with Crippen LogP contribution in [0.1, 0.15) is 24.3 Å². The summed E-state index contributed by atoms with van der Waals surface area (Å²) in [6, 6.07) is 7.89. The number of benzene rings is 1. The minimum atomic E-state index is -0.429. The minimum absolute atomic E-state index is 0.0522. The molecule has 0 atom stereocenters. The third kappa shape index (κ3) is 2.64. The molecular weight excluding hydrogens is 218 g/mol. The van der Waals surface area contributed by atoms with Crippen LogP contribution in [0, 0.1) is 0 Å². The van der Waals surface area contributed by atoms with Gasteiger partial charge in [-0.15, -0.1) is 0 Å². The Morgan fingerprint density at radius 2 is 1.82 bits per heavy atom. The Morgan fingerprint density at radius 1 is 1.18 bits per heavy atom. The fourth-order valence-corrected chi connectivity index (χ4v) is 1.98. The van der Waals surface area contributed by atoms with Gasteiger partial charge in [0.1, 0.15) is 0 Å². The molecule has 4 nitrogen and oxygen atoms in total. The Bertz CT molecular complexity index is 438. The first-order valence-electron chi connectivity index (χ1n) is 5.57. The molecule has 0 aromatic heterocycles. The molecule has 0 bridgehead atoms. The van der Waals surface area contributed by atoms with Crippen LogP contribution in [-0.2, 0) is 14.3 Å². The lowest BCUT2D eigenvalue weighted by Gasteiger charge is -2.21. The first kappa shape index (κ1) is 11.6. The van der Waals surface area contributed by atoms with Crippen molar-refractivity contribution < 1.29 is 14.3 Å². The molecule has 0 saturated carbocycles. The van der Waals surface area contributed by atoms with Crippen LogP contribution < -0.4 is 4.90 Å². The molecule has 0 unspecified atom stereocenters. The number of hydrogen-bond donors (Lipinski definition) is 0. The highest BCUT2D eigenvalue weighted by molar-refractivity contribution is 5.89. The van der Waals surface area contributed by atoms with E-state index in [-0.39, 0.29) is 18.8 Å². The summed E-state index contributed by atoms with van der Waals surface area (Å²) in [5, 5.41) is 0. The first-order valence-corrected chi connectivity index (χ1v) is 5.57. The fraction of sp³-hybridized carbons (Fsp3) is 0.385. The van der Waals surface area contributed by atoms with Gasteiger partial charge < -0.3 is 9.64 Å². The van der Waals surface area contributed by atoms with Crippen molar-refractivity contribution in [3.63, 3.8) is 0 Å². The predicted molar refractivity (Wildman–Crippen MR) is 63.8 cm³/mol. The number of cyclic esters (lactones) is 2. The van der Waals surface area contributed by atoms with Crippen LogP contribution in [0.2, 0.25) is 0 Å². The van der Waals surface area contributed by atoms with Crippen molar-refractivity contribution in [3.05, 3.63) is 29.8 Å². The van der Waals surface area contributed by atoms with Gasteiger partial charge in [-0.2, -0.15) is 0 Å². The van der Waals surface area contributed by atoms with Crippen LogP contribution in [0.25, 0.3) is 0 Å². The van der Waals surface area contributed by atoms with E-state index in [0.29, 0.717) is 0 Å². The van der Waals surface area contributed by atoms with Crippen molar-refractivity contribution in [2.45, 2.75) is 18.8 Å². The van der Waals surface area contributed by atoms with Crippen molar-refractivity contribution in [3.8, 4) is 0 Å². The summed E-state index contributed by atoms with van der Waals surface area (Å²) in [6.07, 6.45) is 0.561. The second kappa shape index (κ2) is 4.57. The molecule has 0 N–H and O–H groups in total. The highest BCUT2D eigenvalue weighted by Gasteiger charge is 2.28. The Balaban J connectivity index is 2.24. The van der Waals surface area contributed by atoms with Crippen molar-refractivity contribution in [2.24, 2.45) is 0 Å². The van der Waals surface area contributed by atoms with E-state index >= 15 is 0 Å². The molecule has 1 saturated heterocycles. The molecule has 2 rings (SSSR count). The Kier molecular flexibility index (Phi) is 3.13. The van der Waals surface area contributed by atoms with Crippen LogP contribution >= 0.6 is 0 Å². The van der Waals surface area contributed by atoms with E-state index in [1.54, 1.807) is 0 Å². The molecule has 0 radical (unpaired) electrons. The minimum Gasteiger partial charge on any atom is -0.393 e. The lowest BCUT2D eigenvalue weighted by molar-refractivity contribution is -0.163. The van der Waals surface area contributed by atoms with Gasteiger partial charge in [-0.1, -0.05) is 12.1 Å². The van der Waals surface area contributed by atoms with E-state index in [1.165, 1.54) is 0 Å². The van der Waals surface area contributed by atoms with E-state index in [0.717, 1.165) is 11.3 Å². The second-order valence-corrected chi connectivity index (χ2v) is 4.44. The summed E-state index contributed by atoms with van der Waals surface area (Å²) in [7, 11) is 3.92. The third-order valence-corrected chi connectivity index (χ3v) is 2.91. The summed E-state index contributed by atoms with van der Waals surface area (Å²) in [5.41, 5.74) is 2.08. The molecule has 0 spiro atoms. The average molecular weight is 233 g/mol. The lowest BCUT2D eigenvalue weighted by atomic mass is 9.91. The number of hydrogen-bond acceptors (Lipinski definition) is 4. The normalized spacial score (nSPS) is 16.8. The van der Waals surface area contributed by atoms with E-state index < -0.39 is 11.9 Å². The lowest BCUT2D eigenvalue weighted by Crippen LogP contribution is -2.24. The number of anilines is 1. The van der Waals surface area contributed by atoms with Gasteiger partial charge in [-0.3, -0.25) is 9.59 Å². The smallest absolute Gasteiger partial charge is 0.314 e. The number of carbonyl (C=O) groups excluding carboxylic acids is 2. The van der Waals surface area contributed by atoms with Gasteiger partial charge in [0.25, 0.3) is 0 Å². The first-order chi connectivity index (χ1) is 8.06. The number of carbonyl (C=O) groups is 2. The van der Waals surface area contributed by atoms with Gasteiger partial charge >= 0.3 is 11.9 Å². The topological polar surface area (TPSA) is 46.6 Å². The average Bonchev–Trinajstić information content (AvgIpc) is 2.28. The van der Waals surface area contributed by atoms with Crippen LogP contribution in [0.4, 0.5) is 5.69 Å². The van der Waals surface area contributed by atoms with Crippen LogP contribution in [-0.4, -0.2) is 26.0 Å². The van der Waals surface area contributed by atoms with Crippen molar-refractivity contribution in [2.75, 3.05) is 19.0 Å². The summed E-state index contributed by atoms with van der Waals surface area (Å²) >= 11 is 0. The van der Waals surface area contributed by atoms with E-state index in [1.807, 2.05) is 43.3 Å². The number of nitrogens with zero attached hydrogens (tertiary/aromatic N) is 1. The zero-order valence-corrected chi connectivity index (χ0v) is 9.97. The molecule has 1 aromatic carbocycles. The fourth-order valence-electron chi connectivity index (χ4n) is 1.98. The van der Waals surface area contributed by atoms with Gasteiger partial charge in [0.15, 0.2) is 0 Å². The quantitative estimate of drug-likeness (QED) is 0.576. The summed E-state index contributed by atoms with van der Waals surface area (Å²) in [5.74, 6) is -0.910. The molecule has 1 fully saturated rings. The Morgan fingerprint density at radius 3 is 2.41 bits per heavy atom. The van der Waals surface area contributed by atoms with Crippen LogP contribution in [0.5, 0.6) is 0 Å². The third-order valence-electron chi connectivity index (χ3n) is 2.91. The standard InChI is InChI=1S/C13H15NO3/c1-14(2)11-5-3-4-9(6-11)10-7-12(15)17-13(16)8-10/h3-6,10H,7-8H2,1-2H3. The molecule has 4 heteroatoms. The molecular formula is C13H15NO3. The monoisotopic (exact) mass is 233 g/mol. The zero-order chi connectivity index (χ0) is 12.4. The molecule has 90 valence electrons. The van der Waals surface area contributed by atoms with Gasteiger partial charge in [0.2, 0.25) is 0 Å². The molecule has 1 aliphatic rings. The molecule has 1 aromatic rings. The SMILES string of the molecule is CN(C)c1cccc(C2CC(=O)OC(=O)C2)c1. The number of rotatable bonds is 2. The molecule has 1 aliphatic heterocycles. The van der Waals surface area contributed by atoms with Crippen molar-refractivity contribution in [1.29, 1.82) is 0 Å². The van der Waals surface area contributed by atoms with Gasteiger partial charge in [-0.05, 0) is 17.7 Å². The van der Waals surface area contributed by atoms with Crippen LogP contribution in [0.15, 0.2) is 24.3 Å².